The van der Waals surface area contributed by atoms with Crippen LogP contribution >= 0.6 is 0 Å². The van der Waals surface area contributed by atoms with Gasteiger partial charge in [-0.3, -0.25) is 0 Å². The topological polar surface area (TPSA) is 35.5 Å². The van der Waals surface area contributed by atoms with E-state index in [1.54, 1.807) is 0 Å². The molecule has 1 saturated heterocycles. The van der Waals surface area contributed by atoms with Gasteiger partial charge in [0.15, 0.2) is 0 Å². The van der Waals surface area contributed by atoms with Crippen molar-refractivity contribution < 1.29 is 5.11 Å². The number of likely N-dealkylation sites (tertiary alicyclic amines) is 1. The lowest BCUT2D eigenvalue weighted by Crippen LogP contribution is -2.40. The molecule has 0 saturated carbocycles. The second-order valence-corrected chi connectivity index (χ2v) is 5.87. The van der Waals surface area contributed by atoms with Gasteiger partial charge in [-0.2, -0.15) is 0 Å². The molecule has 2 atom stereocenters. The van der Waals surface area contributed by atoms with Gasteiger partial charge >= 0.3 is 0 Å². The molecule has 0 aromatic carbocycles. The van der Waals surface area contributed by atoms with E-state index in [0.717, 1.165) is 18.9 Å². The molecule has 0 bridgehead atoms. The van der Waals surface area contributed by atoms with Gasteiger partial charge in [-0.1, -0.05) is 20.8 Å². The van der Waals surface area contributed by atoms with Crippen LogP contribution in [0, 0.1) is 5.92 Å². The Labute approximate surface area is 107 Å². The first kappa shape index (κ1) is 14.9. The summed E-state index contributed by atoms with van der Waals surface area (Å²) in [7, 11) is 0. The van der Waals surface area contributed by atoms with Crippen molar-refractivity contribution >= 4 is 0 Å². The van der Waals surface area contributed by atoms with Crippen LogP contribution in [0.2, 0.25) is 0 Å². The lowest BCUT2D eigenvalue weighted by Gasteiger charge is -2.24. The van der Waals surface area contributed by atoms with E-state index in [2.05, 4.69) is 31.0 Å². The Kier molecular flexibility index (Phi) is 7.09. The van der Waals surface area contributed by atoms with E-state index in [-0.39, 0.29) is 12.6 Å². The maximum Gasteiger partial charge on any atom is 0.0585 e. The van der Waals surface area contributed by atoms with Crippen molar-refractivity contribution in [3.8, 4) is 0 Å². The summed E-state index contributed by atoms with van der Waals surface area (Å²) < 4.78 is 0. The van der Waals surface area contributed by atoms with E-state index >= 15 is 0 Å². The molecule has 102 valence electrons. The van der Waals surface area contributed by atoms with Crippen LogP contribution in [-0.4, -0.2) is 48.3 Å². The van der Waals surface area contributed by atoms with Gasteiger partial charge < -0.3 is 15.3 Å². The van der Waals surface area contributed by atoms with Crippen LogP contribution in [0.25, 0.3) is 0 Å². The number of nitrogens with zero attached hydrogens (tertiary/aromatic N) is 1. The van der Waals surface area contributed by atoms with E-state index in [4.69, 9.17) is 0 Å². The molecule has 1 fully saturated rings. The lowest BCUT2D eigenvalue weighted by molar-refractivity contribution is 0.201. The van der Waals surface area contributed by atoms with E-state index in [1.165, 1.54) is 32.4 Å². The van der Waals surface area contributed by atoms with Crippen LogP contribution in [0.1, 0.15) is 46.5 Å². The number of hydrogen-bond acceptors (Lipinski definition) is 3. The first-order valence-corrected chi connectivity index (χ1v) is 7.21. The summed E-state index contributed by atoms with van der Waals surface area (Å²) in [5.74, 6) is 0.891. The molecule has 3 nitrogen and oxygen atoms in total. The molecular formula is C14H30N2O. The van der Waals surface area contributed by atoms with Crippen molar-refractivity contribution in [1.29, 1.82) is 0 Å². The normalized spacial score (nSPS) is 24.9. The van der Waals surface area contributed by atoms with Gasteiger partial charge in [-0.25, -0.2) is 0 Å². The zero-order chi connectivity index (χ0) is 12.7. The van der Waals surface area contributed by atoms with Crippen molar-refractivity contribution in [1.82, 2.24) is 10.2 Å². The van der Waals surface area contributed by atoms with E-state index in [0.29, 0.717) is 6.04 Å². The molecule has 1 aliphatic rings. The monoisotopic (exact) mass is 242 g/mol. The van der Waals surface area contributed by atoms with Gasteiger partial charge in [0.2, 0.25) is 0 Å². The summed E-state index contributed by atoms with van der Waals surface area (Å²) >= 11 is 0. The molecule has 0 aromatic rings. The van der Waals surface area contributed by atoms with Gasteiger partial charge in [0, 0.05) is 12.1 Å². The summed E-state index contributed by atoms with van der Waals surface area (Å²) in [6, 6.07) is 0.715. The Bertz CT molecular complexity index is 197. The van der Waals surface area contributed by atoms with Crippen LogP contribution in [0.3, 0.4) is 0 Å². The average Bonchev–Trinajstić information content (AvgIpc) is 2.49. The molecular weight excluding hydrogens is 212 g/mol. The minimum Gasteiger partial charge on any atom is -0.395 e. The summed E-state index contributed by atoms with van der Waals surface area (Å²) in [6.45, 7) is 10.5. The van der Waals surface area contributed by atoms with Crippen molar-refractivity contribution in [2.75, 3.05) is 26.2 Å². The fourth-order valence-electron chi connectivity index (χ4n) is 2.58. The Hall–Kier alpha value is -0.120. The SMILES string of the molecule is CC1CCCN(CCC(CO)NC(C)C)CC1. The van der Waals surface area contributed by atoms with Crippen LogP contribution < -0.4 is 5.32 Å². The zero-order valence-electron chi connectivity index (χ0n) is 11.8. The fourth-order valence-corrected chi connectivity index (χ4v) is 2.58. The molecule has 0 radical (unpaired) electrons. The minimum absolute atomic E-state index is 0.252. The molecule has 1 rings (SSSR count). The molecule has 0 aromatic heterocycles. The maximum atomic E-state index is 9.32. The third kappa shape index (κ3) is 6.39. The summed E-state index contributed by atoms with van der Waals surface area (Å²) in [4.78, 5) is 2.56. The van der Waals surface area contributed by atoms with Crippen molar-refractivity contribution in [2.24, 2.45) is 5.92 Å². The molecule has 2 N–H and O–H groups in total. The number of aliphatic hydroxyl groups excluding tert-OH is 1. The Balaban J connectivity index is 2.23. The Morgan fingerprint density at radius 3 is 2.71 bits per heavy atom. The molecule has 0 aliphatic carbocycles. The van der Waals surface area contributed by atoms with Gasteiger partial charge in [0.25, 0.3) is 0 Å². The second-order valence-electron chi connectivity index (χ2n) is 5.87. The number of hydrogen-bond donors (Lipinski definition) is 2. The van der Waals surface area contributed by atoms with E-state index in [1.807, 2.05) is 0 Å². The average molecular weight is 242 g/mol. The highest BCUT2D eigenvalue weighted by molar-refractivity contribution is 4.73. The minimum atomic E-state index is 0.252. The van der Waals surface area contributed by atoms with Crippen LogP contribution in [-0.2, 0) is 0 Å². The largest absolute Gasteiger partial charge is 0.395 e. The van der Waals surface area contributed by atoms with Crippen molar-refractivity contribution in [3.63, 3.8) is 0 Å². The van der Waals surface area contributed by atoms with E-state index < -0.39 is 0 Å². The van der Waals surface area contributed by atoms with Crippen LogP contribution in [0.4, 0.5) is 0 Å². The molecule has 0 amide bonds. The summed E-state index contributed by atoms with van der Waals surface area (Å²) in [5, 5.41) is 12.7. The summed E-state index contributed by atoms with van der Waals surface area (Å²) in [6.07, 6.45) is 5.11. The molecule has 2 unspecified atom stereocenters. The Morgan fingerprint density at radius 2 is 2.06 bits per heavy atom. The highest BCUT2D eigenvalue weighted by Gasteiger charge is 2.15. The third-order valence-electron chi connectivity index (χ3n) is 3.69. The van der Waals surface area contributed by atoms with Crippen LogP contribution in [0.5, 0.6) is 0 Å². The molecule has 17 heavy (non-hydrogen) atoms. The molecule has 1 heterocycles. The smallest absolute Gasteiger partial charge is 0.0585 e. The standard InChI is InChI=1S/C14H30N2O/c1-12(2)15-14(11-17)7-10-16-8-4-5-13(3)6-9-16/h12-15,17H,4-11H2,1-3H3. The number of aliphatic hydroxyl groups is 1. The van der Waals surface area contributed by atoms with Gasteiger partial charge in [-0.15, -0.1) is 0 Å². The van der Waals surface area contributed by atoms with Gasteiger partial charge in [-0.05, 0) is 51.2 Å². The van der Waals surface area contributed by atoms with Gasteiger partial charge in [0.1, 0.15) is 0 Å². The zero-order valence-corrected chi connectivity index (χ0v) is 11.8. The number of nitrogens with one attached hydrogen (secondary N) is 1. The highest BCUT2D eigenvalue weighted by Crippen LogP contribution is 2.16. The molecule has 3 heteroatoms. The fraction of sp³-hybridized carbons (Fsp3) is 1.00. The first-order valence-electron chi connectivity index (χ1n) is 7.21. The van der Waals surface area contributed by atoms with Crippen molar-refractivity contribution in [3.05, 3.63) is 0 Å². The van der Waals surface area contributed by atoms with Crippen molar-refractivity contribution in [2.45, 2.75) is 58.5 Å². The highest BCUT2D eigenvalue weighted by atomic mass is 16.3. The molecule has 0 spiro atoms. The lowest BCUT2D eigenvalue weighted by atomic mass is 10.0. The first-order chi connectivity index (χ1) is 8.11. The quantitative estimate of drug-likeness (QED) is 0.746. The number of rotatable bonds is 6. The van der Waals surface area contributed by atoms with Crippen LogP contribution in [0.15, 0.2) is 0 Å². The Morgan fingerprint density at radius 1 is 1.29 bits per heavy atom. The molecule has 1 aliphatic heterocycles. The van der Waals surface area contributed by atoms with Gasteiger partial charge in [0.05, 0.1) is 6.61 Å². The maximum absolute atomic E-state index is 9.32. The predicted octanol–water partition coefficient (Wildman–Crippen LogP) is 1.86. The summed E-state index contributed by atoms with van der Waals surface area (Å²) in [5.41, 5.74) is 0. The third-order valence-corrected chi connectivity index (χ3v) is 3.69. The van der Waals surface area contributed by atoms with E-state index in [9.17, 15) is 5.11 Å². The predicted molar refractivity (Wildman–Crippen MR) is 73.2 cm³/mol. The second kappa shape index (κ2) is 8.06.